The molecule has 0 radical (unpaired) electrons. The summed E-state index contributed by atoms with van der Waals surface area (Å²) in [5.74, 6) is -0.207. The van der Waals surface area contributed by atoms with Crippen molar-refractivity contribution in [3.8, 4) is 0 Å². The molecule has 1 aromatic rings. The number of anilines is 1. The van der Waals surface area contributed by atoms with Crippen LogP contribution in [0.1, 0.15) is 55.8 Å². The van der Waals surface area contributed by atoms with Gasteiger partial charge in [0.15, 0.2) is 0 Å². The van der Waals surface area contributed by atoms with E-state index >= 15 is 0 Å². The Balaban J connectivity index is 2.73. The Morgan fingerprint density at radius 3 is 2.55 bits per heavy atom. The van der Waals surface area contributed by atoms with Gasteiger partial charge in [0, 0.05) is 18.1 Å². The van der Waals surface area contributed by atoms with Gasteiger partial charge in [0.2, 0.25) is 5.91 Å². The summed E-state index contributed by atoms with van der Waals surface area (Å²) in [6.45, 7) is 9.44. The Kier molecular flexibility index (Phi) is 6.56. The van der Waals surface area contributed by atoms with Crippen LogP contribution in [-0.4, -0.2) is 29.6 Å². The Bertz CT molecular complexity index is 532. The molecule has 3 N–H and O–H groups in total. The number of aliphatic hydroxyl groups excluding tert-OH is 1. The molecule has 22 heavy (non-hydrogen) atoms. The van der Waals surface area contributed by atoms with Gasteiger partial charge < -0.3 is 15.7 Å². The Morgan fingerprint density at radius 2 is 2.00 bits per heavy atom. The standard InChI is InChI=1S/C16H26N2O3S/c1-10-9-12(18-15(21)16(3,4)5)22-13(10)14(20)17-11(2)7-6-8-19/h9,11,19H,6-8H2,1-5H3,(H,17,20)(H,18,21). The van der Waals surface area contributed by atoms with E-state index < -0.39 is 5.41 Å². The summed E-state index contributed by atoms with van der Waals surface area (Å²) in [5, 5.41) is 15.3. The molecule has 0 spiro atoms. The number of carbonyl (C=O) groups is 2. The van der Waals surface area contributed by atoms with Crippen LogP contribution < -0.4 is 10.6 Å². The van der Waals surface area contributed by atoms with Gasteiger partial charge in [-0.25, -0.2) is 0 Å². The van der Waals surface area contributed by atoms with E-state index in [1.54, 1.807) is 0 Å². The minimum absolute atomic E-state index is 0.00812. The van der Waals surface area contributed by atoms with Gasteiger partial charge in [-0.2, -0.15) is 0 Å². The van der Waals surface area contributed by atoms with Gasteiger partial charge >= 0.3 is 0 Å². The molecule has 2 amide bonds. The fraction of sp³-hybridized carbons (Fsp3) is 0.625. The number of rotatable bonds is 6. The van der Waals surface area contributed by atoms with Crippen LogP contribution in [0.3, 0.4) is 0 Å². The van der Waals surface area contributed by atoms with Gasteiger partial charge in [-0.3, -0.25) is 9.59 Å². The predicted molar refractivity (Wildman–Crippen MR) is 90.4 cm³/mol. The monoisotopic (exact) mass is 326 g/mol. The van der Waals surface area contributed by atoms with Crippen LogP contribution in [0.5, 0.6) is 0 Å². The quantitative estimate of drug-likeness (QED) is 0.752. The van der Waals surface area contributed by atoms with Crippen molar-refractivity contribution in [2.24, 2.45) is 5.41 Å². The van der Waals surface area contributed by atoms with Crippen LogP contribution in [0.4, 0.5) is 5.00 Å². The van der Waals surface area contributed by atoms with Crippen LogP contribution in [0.25, 0.3) is 0 Å². The lowest BCUT2D eigenvalue weighted by Crippen LogP contribution is -2.32. The second-order valence-corrected chi connectivity index (χ2v) is 7.62. The summed E-state index contributed by atoms with van der Waals surface area (Å²) >= 11 is 1.28. The number of aryl methyl sites for hydroxylation is 1. The molecule has 0 saturated carbocycles. The van der Waals surface area contributed by atoms with Crippen LogP contribution in [0.2, 0.25) is 0 Å². The van der Waals surface area contributed by atoms with E-state index in [1.165, 1.54) is 11.3 Å². The lowest BCUT2D eigenvalue weighted by Gasteiger charge is -2.16. The van der Waals surface area contributed by atoms with E-state index in [1.807, 2.05) is 40.7 Å². The third kappa shape index (κ3) is 5.42. The molecule has 1 rings (SSSR count). The molecule has 6 heteroatoms. The third-order valence-electron chi connectivity index (χ3n) is 3.21. The zero-order chi connectivity index (χ0) is 16.9. The van der Waals surface area contributed by atoms with Gasteiger partial charge in [-0.15, -0.1) is 11.3 Å². The zero-order valence-corrected chi connectivity index (χ0v) is 14.8. The van der Waals surface area contributed by atoms with E-state index in [4.69, 9.17) is 5.11 Å². The minimum Gasteiger partial charge on any atom is -0.396 e. The molecule has 1 aromatic heterocycles. The first-order chi connectivity index (χ1) is 10.1. The molecule has 0 aromatic carbocycles. The van der Waals surface area contributed by atoms with E-state index in [2.05, 4.69) is 10.6 Å². The van der Waals surface area contributed by atoms with Crippen molar-refractivity contribution in [1.29, 1.82) is 0 Å². The summed E-state index contributed by atoms with van der Waals surface area (Å²) in [6.07, 6.45) is 1.40. The van der Waals surface area contributed by atoms with Gasteiger partial charge in [0.25, 0.3) is 5.91 Å². The van der Waals surface area contributed by atoms with Crippen LogP contribution in [0, 0.1) is 12.3 Å². The summed E-state index contributed by atoms with van der Waals surface area (Å²) in [6, 6.07) is 1.83. The van der Waals surface area contributed by atoms with Crippen molar-refractivity contribution in [2.45, 2.75) is 53.5 Å². The van der Waals surface area contributed by atoms with Gasteiger partial charge in [-0.05, 0) is 38.3 Å². The van der Waals surface area contributed by atoms with Crippen LogP contribution >= 0.6 is 11.3 Å². The molecule has 0 fully saturated rings. The number of nitrogens with one attached hydrogen (secondary N) is 2. The molecule has 124 valence electrons. The SMILES string of the molecule is Cc1cc(NC(=O)C(C)(C)C)sc1C(=O)NC(C)CCCO. The number of hydrogen-bond donors (Lipinski definition) is 3. The molecule has 0 aliphatic carbocycles. The molecule has 1 heterocycles. The maximum atomic E-state index is 12.3. The second-order valence-electron chi connectivity index (χ2n) is 6.57. The molecule has 1 unspecified atom stereocenters. The first-order valence-electron chi connectivity index (χ1n) is 7.48. The maximum Gasteiger partial charge on any atom is 0.261 e. The fourth-order valence-corrected chi connectivity index (χ4v) is 2.80. The van der Waals surface area contributed by atoms with Crippen molar-refractivity contribution in [1.82, 2.24) is 5.32 Å². The molecular weight excluding hydrogens is 300 g/mol. The third-order valence-corrected chi connectivity index (χ3v) is 4.37. The highest BCUT2D eigenvalue weighted by atomic mass is 32.1. The van der Waals surface area contributed by atoms with Crippen LogP contribution in [-0.2, 0) is 4.79 Å². The van der Waals surface area contributed by atoms with Crippen molar-refractivity contribution in [3.05, 3.63) is 16.5 Å². The molecule has 0 aliphatic heterocycles. The van der Waals surface area contributed by atoms with Crippen molar-refractivity contribution in [3.63, 3.8) is 0 Å². The van der Waals surface area contributed by atoms with Gasteiger partial charge in [0.1, 0.15) is 0 Å². The van der Waals surface area contributed by atoms with E-state index in [9.17, 15) is 9.59 Å². The lowest BCUT2D eigenvalue weighted by atomic mass is 9.96. The Labute approximate surface area is 136 Å². The normalized spacial score (nSPS) is 12.8. The summed E-state index contributed by atoms with van der Waals surface area (Å²) in [5.41, 5.74) is 0.375. The highest BCUT2D eigenvalue weighted by molar-refractivity contribution is 7.18. The van der Waals surface area contributed by atoms with E-state index in [0.717, 1.165) is 12.0 Å². The zero-order valence-electron chi connectivity index (χ0n) is 13.9. The topological polar surface area (TPSA) is 78.4 Å². The molecule has 1 atom stereocenters. The fourth-order valence-electron chi connectivity index (χ4n) is 1.83. The molecule has 0 bridgehead atoms. The van der Waals surface area contributed by atoms with Crippen molar-refractivity contribution >= 4 is 28.2 Å². The van der Waals surface area contributed by atoms with Crippen LogP contribution in [0.15, 0.2) is 6.07 Å². The lowest BCUT2D eigenvalue weighted by molar-refractivity contribution is -0.123. The second kappa shape index (κ2) is 7.74. The number of aliphatic hydroxyl groups is 1. The highest BCUT2D eigenvalue weighted by Gasteiger charge is 2.23. The first kappa shape index (κ1) is 18.6. The van der Waals surface area contributed by atoms with E-state index in [0.29, 0.717) is 16.3 Å². The van der Waals surface area contributed by atoms with E-state index in [-0.39, 0.29) is 24.5 Å². The smallest absolute Gasteiger partial charge is 0.261 e. The Hall–Kier alpha value is -1.40. The number of thiophene rings is 1. The summed E-state index contributed by atoms with van der Waals surface area (Å²) in [7, 11) is 0. The Morgan fingerprint density at radius 1 is 1.36 bits per heavy atom. The first-order valence-corrected chi connectivity index (χ1v) is 8.30. The molecule has 0 saturated heterocycles. The summed E-state index contributed by atoms with van der Waals surface area (Å²) < 4.78 is 0. The minimum atomic E-state index is -0.473. The number of hydrogen-bond acceptors (Lipinski definition) is 4. The van der Waals surface area contributed by atoms with Gasteiger partial charge in [-0.1, -0.05) is 20.8 Å². The largest absolute Gasteiger partial charge is 0.396 e. The number of carbonyl (C=O) groups excluding carboxylic acids is 2. The predicted octanol–water partition coefficient (Wildman–Crippen LogP) is 2.93. The number of amides is 2. The molecule has 0 aliphatic rings. The molecular formula is C16H26N2O3S. The average Bonchev–Trinajstić information content (AvgIpc) is 2.76. The maximum absolute atomic E-state index is 12.3. The van der Waals surface area contributed by atoms with Crippen molar-refractivity contribution < 1.29 is 14.7 Å². The summed E-state index contributed by atoms with van der Waals surface area (Å²) in [4.78, 5) is 24.9. The molecule has 5 nitrogen and oxygen atoms in total. The van der Waals surface area contributed by atoms with Gasteiger partial charge in [0.05, 0.1) is 9.88 Å². The average molecular weight is 326 g/mol. The van der Waals surface area contributed by atoms with Crippen molar-refractivity contribution in [2.75, 3.05) is 11.9 Å². The highest BCUT2D eigenvalue weighted by Crippen LogP contribution is 2.28.